The van der Waals surface area contributed by atoms with Crippen LogP contribution >= 0.6 is 0 Å². The lowest BCUT2D eigenvalue weighted by molar-refractivity contribution is 0.0951. The highest BCUT2D eigenvalue weighted by Crippen LogP contribution is 2.30. The van der Waals surface area contributed by atoms with Crippen LogP contribution in [0.2, 0.25) is 0 Å². The quantitative estimate of drug-likeness (QED) is 0.336. The van der Waals surface area contributed by atoms with Crippen molar-refractivity contribution in [2.45, 2.75) is 57.7 Å². The fraction of sp³-hybridized carbons (Fsp3) is 0.346. The number of carbonyl (C=O) groups excluding carboxylic acids is 1. The van der Waals surface area contributed by atoms with Gasteiger partial charge in [-0.2, -0.15) is 0 Å². The third kappa shape index (κ3) is 4.68. The largest absolute Gasteiger partial charge is 0.381 e. The Morgan fingerprint density at radius 2 is 2.00 bits per heavy atom. The maximum absolute atomic E-state index is 13.3. The van der Waals surface area contributed by atoms with Crippen molar-refractivity contribution in [3.63, 3.8) is 0 Å². The van der Waals surface area contributed by atoms with Gasteiger partial charge in [0.25, 0.3) is 5.91 Å². The van der Waals surface area contributed by atoms with Gasteiger partial charge in [-0.05, 0) is 55.9 Å². The first-order valence-electron chi connectivity index (χ1n) is 12.0. The summed E-state index contributed by atoms with van der Waals surface area (Å²) in [7, 11) is 0. The van der Waals surface area contributed by atoms with Gasteiger partial charge in [0, 0.05) is 54.0 Å². The number of H-pyrrole nitrogens is 1. The third-order valence-corrected chi connectivity index (χ3v) is 6.65. The van der Waals surface area contributed by atoms with E-state index in [9.17, 15) is 4.79 Å². The van der Waals surface area contributed by atoms with Crippen molar-refractivity contribution < 1.29 is 4.79 Å². The Balaban J connectivity index is 1.35. The van der Waals surface area contributed by atoms with Crippen LogP contribution in [0.3, 0.4) is 0 Å². The number of aromatic amines is 1. The first-order valence-corrected chi connectivity index (χ1v) is 12.0. The van der Waals surface area contributed by atoms with E-state index in [-0.39, 0.29) is 11.9 Å². The molecule has 5 rings (SSSR count). The molecule has 0 atom stereocenters. The van der Waals surface area contributed by atoms with Crippen molar-refractivity contribution in [2.24, 2.45) is 5.73 Å². The van der Waals surface area contributed by atoms with Crippen LogP contribution in [-0.2, 0) is 13.0 Å². The second-order valence-electron chi connectivity index (χ2n) is 9.03. The Hall–Kier alpha value is -3.65. The molecule has 8 heteroatoms. The Kier molecular flexibility index (Phi) is 6.31. The van der Waals surface area contributed by atoms with Crippen LogP contribution in [-0.4, -0.2) is 37.5 Å². The van der Waals surface area contributed by atoms with Gasteiger partial charge in [-0.15, -0.1) is 0 Å². The molecule has 34 heavy (non-hydrogen) atoms. The molecule has 1 aliphatic carbocycles. The number of imidazole rings is 1. The van der Waals surface area contributed by atoms with Crippen molar-refractivity contribution in [1.29, 1.82) is 0 Å². The molecule has 0 unspecified atom stereocenters. The lowest BCUT2D eigenvalue weighted by Gasteiger charge is -2.28. The molecule has 5 N–H and O–H groups in total. The van der Waals surface area contributed by atoms with Crippen LogP contribution in [0.1, 0.15) is 54.2 Å². The number of carbonyl (C=O) groups is 1. The molecular formula is C26H31N7O. The number of hydrogen-bond acceptors (Lipinski definition) is 5. The molecule has 1 fully saturated rings. The standard InChI is InChI=1S/C26H31N7O/c1-2-19-13-22-24(31-20-7-5-18(27)6-8-20)23(15-29-25(22)32-19)26(34)30-14-17-3-9-21(10-4-17)33-12-11-28-16-33/h3-4,9-13,15-16,18,20H,2,5-8,14,27H2,1H3,(H,30,34)(H2,29,31,32)/t18-,20-. The van der Waals surface area contributed by atoms with E-state index >= 15 is 0 Å². The van der Waals surface area contributed by atoms with Crippen LogP contribution in [0.5, 0.6) is 0 Å². The summed E-state index contributed by atoms with van der Waals surface area (Å²) in [6.45, 7) is 2.54. The van der Waals surface area contributed by atoms with Gasteiger partial charge in [-0.25, -0.2) is 9.97 Å². The van der Waals surface area contributed by atoms with Crippen molar-refractivity contribution in [3.8, 4) is 5.69 Å². The van der Waals surface area contributed by atoms with Gasteiger partial charge in [-0.1, -0.05) is 19.1 Å². The molecule has 1 saturated carbocycles. The summed E-state index contributed by atoms with van der Waals surface area (Å²) in [5.41, 5.74) is 11.5. The van der Waals surface area contributed by atoms with Crippen molar-refractivity contribution in [3.05, 3.63) is 72.1 Å². The molecule has 4 aromatic rings. The van der Waals surface area contributed by atoms with Gasteiger partial charge in [-0.3, -0.25) is 4.79 Å². The molecule has 0 aliphatic heterocycles. The number of amides is 1. The molecule has 3 heterocycles. The monoisotopic (exact) mass is 457 g/mol. The summed E-state index contributed by atoms with van der Waals surface area (Å²) < 4.78 is 1.95. The molecule has 1 aromatic carbocycles. The minimum atomic E-state index is -0.137. The topological polar surface area (TPSA) is 114 Å². The number of aryl methyl sites for hydroxylation is 1. The Morgan fingerprint density at radius 3 is 2.71 bits per heavy atom. The second kappa shape index (κ2) is 9.69. The molecular weight excluding hydrogens is 426 g/mol. The number of fused-ring (bicyclic) bond motifs is 1. The summed E-state index contributed by atoms with van der Waals surface area (Å²) in [5, 5.41) is 7.70. The summed E-state index contributed by atoms with van der Waals surface area (Å²) >= 11 is 0. The van der Waals surface area contributed by atoms with Crippen molar-refractivity contribution >= 4 is 22.6 Å². The van der Waals surface area contributed by atoms with Crippen LogP contribution in [0.25, 0.3) is 16.7 Å². The second-order valence-corrected chi connectivity index (χ2v) is 9.03. The number of anilines is 1. The van der Waals surface area contributed by atoms with E-state index in [2.05, 4.69) is 38.6 Å². The van der Waals surface area contributed by atoms with Gasteiger partial charge in [0.05, 0.1) is 17.6 Å². The Labute approximate surface area is 199 Å². The molecule has 0 saturated heterocycles. The summed E-state index contributed by atoms with van der Waals surface area (Å²) in [6, 6.07) is 10.7. The number of aromatic nitrogens is 4. The van der Waals surface area contributed by atoms with Crippen LogP contribution < -0.4 is 16.4 Å². The predicted molar refractivity (Wildman–Crippen MR) is 134 cm³/mol. The lowest BCUT2D eigenvalue weighted by atomic mass is 9.91. The maximum atomic E-state index is 13.3. The Bertz CT molecular complexity index is 1250. The summed E-state index contributed by atoms with van der Waals surface area (Å²) in [5.74, 6) is -0.137. The van der Waals surface area contributed by atoms with E-state index in [1.165, 1.54) is 0 Å². The number of nitrogens with zero attached hydrogens (tertiary/aromatic N) is 3. The molecule has 0 spiro atoms. The van der Waals surface area contributed by atoms with E-state index < -0.39 is 0 Å². The zero-order chi connectivity index (χ0) is 23.5. The first-order chi connectivity index (χ1) is 16.6. The van der Waals surface area contributed by atoms with Crippen molar-refractivity contribution in [2.75, 3.05) is 5.32 Å². The third-order valence-electron chi connectivity index (χ3n) is 6.65. The fourth-order valence-corrected chi connectivity index (χ4v) is 4.59. The van der Waals surface area contributed by atoms with Crippen LogP contribution in [0, 0.1) is 0 Å². The fourth-order valence-electron chi connectivity index (χ4n) is 4.59. The average Bonchev–Trinajstić information content (AvgIpc) is 3.55. The number of benzene rings is 1. The zero-order valence-electron chi connectivity index (χ0n) is 19.4. The lowest BCUT2D eigenvalue weighted by Crippen LogP contribution is -2.33. The van der Waals surface area contributed by atoms with Crippen LogP contribution in [0.15, 0.2) is 55.2 Å². The van der Waals surface area contributed by atoms with Crippen LogP contribution in [0.4, 0.5) is 5.69 Å². The number of pyridine rings is 1. The van der Waals surface area contributed by atoms with E-state index in [0.717, 1.165) is 65.8 Å². The molecule has 0 bridgehead atoms. The minimum Gasteiger partial charge on any atom is -0.381 e. The maximum Gasteiger partial charge on any atom is 0.255 e. The highest BCUT2D eigenvalue weighted by Gasteiger charge is 2.23. The van der Waals surface area contributed by atoms with Crippen molar-refractivity contribution in [1.82, 2.24) is 24.8 Å². The van der Waals surface area contributed by atoms with Gasteiger partial charge >= 0.3 is 0 Å². The van der Waals surface area contributed by atoms with Gasteiger partial charge < -0.3 is 25.9 Å². The van der Waals surface area contributed by atoms with E-state index in [1.54, 1.807) is 18.7 Å². The highest BCUT2D eigenvalue weighted by atomic mass is 16.1. The normalized spacial score (nSPS) is 18.2. The van der Waals surface area contributed by atoms with Gasteiger partial charge in [0.1, 0.15) is 5.65 Å². The molecule has 3 aromatic heterocycles. The number of nitrogens with one attached hydrogen (secondary N) is 3. The van der Waals surface area contributed by atoms with Gasteiger partial charge in [0.15, 0.2) is 0 Å². The first kappa shape index (κ1) is 22.2. The summed E-state index contributed by atoms with van der Waals surface area (Å²) in [4.78, 5) is 25.3. The molecule has 1 amide bonds. The highest BCUT2D eigenvalue weighted by molar-refractivity contribution is 6.06. The van der Waals surface area contributed by atoms with E-state index in [4.69, 9.17) is 5.73 Å². The van der Waals surface area contributed by atoms with E-state index in [0.29, 0.717) is 18.2 Å². The molecule has 0 radical (unpaired) electrons. The number of nitrogens with two attached hydrogens (primary N) is 1. The predicted octanol–water partition coefficient (Wildman–Crippen LogP) is 3.92. The summed E-state index contributed by atoms with van der Waals surface area (Å²) in [6.07, 6.45) is 12.0. The number of hydrogen-bond donors (Lipinski definition) is 4. The Morgan fingerprint density at radius 1 is 1.21 bits per heavy atom. The SMILES string of the molecule is CCc1cc2c(N[C@H]3CC[C@H](N)CC3)c(C(=O)NCc3ccc(-n4ccnc4)cc3)cnc2[nH]1. The van der Waals surface area contributed by atoms with E-state index in [1.807, 2.05) is 35.0 Å². The molecule has 8 nitrogen and oxygen atoms in total. The molecule has 176 valence electrons. The smallest absolute Gasteiger partial charge is 0.255 e. The molecule has 1 aliphatic rings. The minimum absolute atomic E-state index is 0.137. The van der Waals surface area contributed by atoms with Gasteiger partial charge in [0.2, 0.25) is 0 Å². The average molecular weight is 458 g/mol. The number of rotatable bonds is 7. The zero-order valence-corrected chi connectivity index (χ0v) is 19.4.